The van der Waals surface area contributed by atoms with Gasteiger partial charge in [-0.15, -0.1) is 14.8 Å². The fourth-order valence-corrected chi connectivity index (χ4v) is 4.45. The van der Waals surface area contributed by atoms with Crippen molar-refractivity contribution in [2.45, 2.75) is 6.92 Å². The Kier molecular flexibility index (Phi) is 5.35. The van der Waals surface area contributed by atoms with Gasteiger partial charge in [0, 0.05) is 23.3 Å². The van der Waals surface area contributed by atoms with E-state index in [-0.39, 0.29) is 4.59 Å². The van der Waals surface area contributed by atoms with Crippen molar-refractivity contribution in [1.82, 2.24) is 25.2 Å². The number of nitrogens with one attached hydrogen (secondary N) is 1. The zero-order valence-corrected chi connectivity index (χ0v) is 19.1. The number of aromatic amines is 1. The monoisotopic (exact) mass is 451 g/mol. The van der Waals surface area contributed by atoms with Crippen molar-refractivity contribution in [1.29, 1.82) is 0 Å². The number of aromatic nitrogens is 4. The molecule has 1 atom stereocenters. The zero-order valence-electron chi connectivity index (χ0n) is 19.1. The fraction of sp³-hybridized carbons (Fsp3) is 0.115. The Morgan fingerprint density at radius 2 is 1.53 bits per heavy atom. The Hall–Kier alpha value is -4.43. The molecule has 8 heteroatoms. The van der Waals surface area contributed by atoms with Gasteiger partial charge in [0.15, 0.2) is 17.0 Å². The topological polar surface area (TPSA) is 93.1 Å². The summed E-state index contributed by atoms with van der Waals surface area (Å²) in [5.41, 5.74) is 6.58. The minimum absolute atomic E-state index is 0.121. The van der Waals surface area contributed by atoms with E-state index in [0.29, 0.717) is 17.1 Å². The van der Waals surface area contributed by atoms with Crippen molar-refractivity contribution in [2.75, 3.05) is 14.2 Å². The molecule has 1 N–H and O–H groups in total. The van der Waals surface area contributed by atoms with Gasteiger partial charge in [0.05, 0.1) is 7.11 Å². The number of carbonyl (C=O) groups is 1. The third-order valence-electron chi connectivity index (χ3n) is 6.02. The molecule has 3 aromatic carbocycles. The number of quaternary nitrogens is 1. The second-order valence-corrected chi connectivity index (χ2v) is 8.05. The summed E-state index contributed by atoms with van der Waals surface area (Å²) in [5, 5.41) is 19.3. The number of carbonyl (C=O) groups excluding carboxylic acids is 1. The molecule has 0 aliphatic carbocycles. The van der Waals surface area contributed by atoms with Gasteiger partial charge in [-0.25, -0.2) is 4.79 Å². The van der Waals surface area contributed by atoms with E-state index in [9.17, 15) is 4.79 Å². The maximum atomic E-state index is 12.8. The van der Waals surface area contributed by atoms with Crippen LogP contribution in [-0.2, 0) is 9.53 Å². The lowest BCUT2D eigenvalue weighted by molar-refractivity contribution is -0.135. The van der Waals surface area contributed by atoms with Gasteiger partial charge in [0.2, 0.25) is 5.82 Å². The van der Waals surface area contributed by atoms with E-state index < -0.39 is 5.97 Å². The van der Waals surface area contributed by atoms with Gasteiger partial charge in [-0.1, -0.05) is 59.7 Å². The standard InChI is InChI=1S/C26H22N6O2/c1-17-23(26(33)34-3)24(32(2,29-17)20-9-5-4-6-10-20)19-15-13-18(14-16-19)21-11-7-8-12-22(21)25-27-30-31-28-25/h4-16H,1-3H3/p+1. The lowest BCUT2D eigenvalue weighted by Gasteiger charge is -2.26. The molecule has 5 rings (SSSR count). The van der Waals surface area contributed by atoms with Gasteiger partial charge in [0.1, 0.15) is 12.8 Å². The maximum absolute atomic E-state index is 12.8. The number of ether oxygens (including phenoxy) is 1. The molecule has 0 fully saturated rings. The lowest BCUT2D eigenvalue weighted by Crippen LogP contribution is -2.35. The number of para-hydroxylation sites is 1. The van der Waals surface area contributed by atoms with Crippen molar-refractivity contribution >= 4 is 23.1 Å². The van der Waals surface area contributed by atoms with E-state index in [0.717, 1.165) is 33.6 Å². The van der Waals surface area contributed by atoms with Crippen LogP contribution in [-0.4, -0.2) is 46.5 Å². The van der Waals surface area contributed by atoms with Crippen molar-refractivity contribution in [3.8, 4) is 22.5 Å². The van der Waals surface area contributed by atoms with Crippen LogP contribution in [0.5, 0.6) is 0 Å². The predicted molar refractivity (Wildman–Crippen MR) is 131 cm³/mol. The van der Waals surface area contributed by atoms with Crippen LogP contribution >= 0.6 is 0 Å². The van der Waals surface area contributed by atoms with Crippen LogP contribution in [0, 0.1) is 0 Å². The third-order valence-corrected chi connectivity index (χ3v) is 6.02. The minimum atomic E-state index is -0.402. The molecule has 1 unspecified atom stereocenters. The number of esters is 1. The van der Waals surface area contributed by atoms with E-state index in [2.05, 4.69) is 20.6 Å². The maximum Gasteiger partial charge on any atom is 0.346 e. The number of nitrogens with zero attached hydrogens (tertiary/aromatic N) is 5. The summed E-state index contributed by atoms with van der Waals surface area (Å²) >= 11 is 0. The molecule has 4 aromatic rings. The number of hydrogen-bond acceptors (Lipinski definition) is 6. The van der Waals surface area contributed by atoms with E-state index in [1.54, 1.807) is 0 Å². The summed E-state index contributed by atoms with van der Waals surface area (Å²) in [4.78, 5) is 12.8. The summed E-state index contributed by atoms with van der Waals surface area (Å²) in [7, 11) is 3.37. The fourth-order valence-electron chi connectivity index (χ4n) is 4.45. The Labute approximate surface area is 196 Å². The molecular weight excluding hydrogens is 428 g/mol. The first-order chi connectivity index (χ1) is 16.5. The molecule has 8 nitrogen and oxygen atoms in total. The second-order valence-electron chi connectivity index (χ2n) is 8.05. The highest BCUT2D eigenvalue weighted by Crippen LogP contribution is 2.41. The summed E-state index contributed by atoms with van der Waals surface area (Å²) in [6, 6.07) is 25.9. The first kappa shape index (κ1) is 21.4. The number of benzene rings is 3. The average molecular weight is 452 g/mol. The van der Waals surface area contributed by atoms with E-state index in [1.165, 1.54) is 7.11 Å². The smallest absolute Gasteiger partial charge is 0.346 e. The second kappa shape index (κ2) is 8.49. The molecule has 1 aromatic heterocycles. The molecule has 1 aliphatic rings. The molecule has 0 saturated heterocycles. The number of methoxy groups -OCH3 is 1. The van der Waals surface area contributed by atoms with Crippen LogP contribution in [0.4, 0.5) is 5.69 Å². The van der Waals surface area contributed by atoms with Crippen molar-refractivity contribution < 1.29 is 9.53 Å². The molecule has 0 bridgehead atoms. The van der Waals surface area contributed by atoms with Gasteiger partial charge in [-0.05, 0) is 35.4 Å². The van der Waals surface area contributed by atoms with Crippen molar-refractivity contribution in [3.63, 3.8) is 0 Å². The van der Waals surface area contributed by atoms with Crippen molar-refractivity contribution in [3.05, 3.63) is 90.0 Å². The van der Waals surface area contributed by atoms with E-state index in [1.807, 2.05) is 92.8 Å². The Bertz CT molecular complexity index is 1410. The van der Waals surface area contributed by atoms with Crippen LogP contribution in [0.2, 0.25) is 0 Å². The number of H-pyrrole nitrogens is 1. The normalized spacial score (nSPS) is 17.6. The van der Waals surface area contributed by atoms with Gasteiger partial charge in [0.25, 0.3) is 0 Å². The first-order valence-corrected chi connectivity index (χ1v) is 10.8. The number of rotatable bonds is 5. The van der Waals surface area contributed by atoms with E-state index in [4.69, 9.17) is 9.84 Å². The van der Waals surface area contributed by atoms with E-state index >= 15 is 0 Å². The third kappa shape index (κ3) is 3.50. The Balaban J connectivity index is 1.63. The quantitative estimate of drug-likeness (QED) is 0.358. The Morgan fingerprint density at radius 1 is 0.882 bits per heavy atom. The van der Waals surface area contributed by atoms with Gasteiger partial charge < -0.3 is 4.74 Å². The zero-order chi connectivity index (χ0) is 23.7. The van der Waals surface area contributed by atoms with Gasteiger partial charge in [-0.2, -0.15) is 5.21 Å². The van der Waals surface area contributed by atoms with Crippen LogP contribution < -0.4 is 4.59 Å². The highest BCUT2D eigenvalue weighted by atomic mass is 16.5. The highest BCUT2D eigenvalue weighted by molar-refractivity contribution is 6.26. The average Bonchev–Trinajstić information content (AvgIpc) is 3.51. The largest absolute Gasteiger partial charge is 0.465 e. The molecule has 1 aliphatic heterocycles. The Morgan fingerprint density at radius 3 is 2.18 bits per heavy atom. The SMILES string of the molecule is COC(=O)C1=C(c2ccc(-c3ccccc3-c3nn[nH]n3)cc2)[N+](C)(c2ccccc2)N=C1C. The molecule has 0 spiro atoms. The minimum Gasteiger partial charge on any atom is -0.465 e. The molecule has 0 radical (unpaired) electrons. The predicted octanol–water partition coefficient (Wildman–Crippen LogP) is 4.44. The van der Waals surface area contributed by atoms with Gasteiger partial charge in [-0.3, -0.25) is 0 Å². The summed E-state index contributed by atoms with van der Waals surface area (Å²) < 4.78 is 5.25. The summed E-state index contributed by atoms with van der Waals surface area (Å²) in [6.45, 7) is 1.84. The van der Waals surface area contributed by atoms with Crippen LogP contribution in [0.15, 0.2) is 89.5 Å². The molecule has 0 amide bonds. The lowest BCUT2D eigenvalue weighted by atomic mass is 9.96. The first-order valence-electron chi connectivity index (χ1n) is 10.8. The van der Waals surface area contributed by atoms with Gasteiger partial charge >= 0.3 is 5.97 Å². The molecule has 0 saturated carbocycles. The van der Waals surface area contributed by atoms with Crippen LogP contribution in [0.3, 0.4) is 0 Å². The molecular formula is C26H23N6O2+. The highest BCUT2D eigenvalue weighted by Gasteiger charge is 2.44. The van der Waals surface area contributed by atoms with Crippen LogP contribution in [0.1, 0.15) is 12.5 Å². The number of hydrogen-bond donors (Lipinski definition) is 1. The van der Waals surface area contributed by atoms with Crippen molar-refractivity contribution in [2.24, 2.45) is 5.10 Å². The summed E-state index contributed by atoms with van der Waals surface area (Å²) in [6.07, 6.45) is 0. The molecule has 168 valence electrons. The summed E-state index contributed by atoms with van der Waals surface area (Å²) in [5.74, 6) is 0.129. The molecule has 34 heavy (non-hydrogen) atoms. The number of tetrazole rings is 1. The van der Waals surface area contributed by atoms with Crippen LogP contribution in [0.25, 0.3) is 28.2 Å². The molecule has 2 heterocycles.